The van der Waals surface area contributed by atoms with Crippen LogP contribution in [0, 0.1) is 0 Å². The summed E-state index contributed by atoms with van der Waals surface area (Å²) in [6.07, 6.45) is 4.67. The van der Waals surface area contributed by atoms with Crippen molar-refractivity contribution in [3.05, 3.63) is 105 Å². The zero-order valence-electron chi connectivity index (χ0n) is 28.4. The fraction of sp³-hybridized carbons (Fsp3) is 0.385. The smallest absolute Gasteiger partial charge is 0.287 e. The quantitative estimate of drug-likeness (QED) is 0.186. The summed E-state index contributed by atoms with van der Waals surface area (Å²) in [5, 5.41) is 3.74. The number of unbranched alkanes of at least 4 members (excludes halogenated alkanes) is 1. The summed E-state index contributed by atoms with van der Waals surface area (Å²) in [6.45, 7) is 6.06. The number of fused-ring (bicyclic) bond motifs is 1. The molecule has 4 aromatic rings. The Morgan fingerprint density at radius 3 is 2.48 bits per heavy atom. The summed E-state index contributed by atoms with van der Waals surface area (Å²) in [5.74, 6) is -0.300. The number of carbonyl (C=O) groups excluding carboxylic acids is 3. The molecule has 2 fully saturated rings. The van der Waals surface area contributed by atoms with Gasteiger partial charge in [-0.15, -0.1) is 0 Å². The number of hydrogen-bond acceptors (Lipinski definition) is 7. The summed E-state index contributed by atoms with van der Waals surface area (Å²) in [4.78, 5) is 59.2. The first-order valence-corrected chi connectivity index (χ1v) is 17.8. The van der Waals surface area contributed by atoms with E-state index in [1.54, 1.807) is 35.2 Å². The number of piperidine rings is 1. The predicted molar refractivity (Wildman–Crippen MR) is 194 cm³/mol. The molecule has 6 rings (SSSR count). The number of nitrogens with one attached hydrogen (secondary N) is 1. The highest BCUT2D eigenvalue weighted by atomic mass is 35.5. The van der Waals surface area contributed by atoms with Crippen LogP contribution in [0.15, 0.2) is 82.0 Å². The van der Waals surface area contributed by atoms with E-state index < -0.39 is 11.9 Å². The highest BCUT2D eigenvalue weighted by Gasteiger charge is 2.31. The highest BCUT2D eigenvalue weighted by Crippen LogP contribution is 2.26. The molecule has 0 bridgehead atoms. The first kappa shape index (κ1) is 35.0. The van der Waals surface area contributed by atoms with Crippen LogP contribution < -0.4 is 20.4 Å². The summed E-state index contributed by atoms with van der Waals surface area (Å²) in [6, 6.07) is 20.5. The standard InChI is InChI=1S/C39H43ClN4O6/c1-2-3-22-49-30-15-16-35-31(24-30)34(45)25-36(50-35)38(47)41-32(23-27-11-13-29(40)14-12-27)39(48)43-20-18-42(19-21-43)33-9-5-4-8-28(33)26-44-17-7-6-10-37(44)46/h4-5,8-9,11-16,24-25,32H,2-3,6-7,10,17-23,26H2,1H3,(H,41,47)/t32-/m1/s1. The molecular formula is C39H43ClN4O6. The Bertz CT molecular complexity index is 1890. The van der Waals surface area contributed by atoms with Crippen LogP contribution in [0.4, 0.5) is 5.69 Å². The summed E-state index contributed by atoms with van der Waals surface area (Å²) < 4.78 is 11.6. The van der Waals surface area contributed by atoms with E-state index in [1.807, 2.05) is 29.2 Å². The molecule has 262 valence electrons. The molecule has 1 aromatic heterocycles. The number of para-hydroxylation sites is 1. The van der Waals surface area contributed by atoms with E-state index in [-0.39, 0.29) is 35.0 Å². The number of rotatable bonds is 12. The Kier molecular flexibility index (Phi) is 11.4. The topological polar surface area (TPSA) is 112 Å². The van der Waals surface area contributed by atoms with Crippen LogP contribution in [-0.4, -0.2) is 72.9 Å². The lowest BCUT2D eigenvalue weighted by Crippen LogP contribution is -2.55. The monoisotopic (exact) mass is 698 g/mol. The number of carbonyl (C=O) groups is 3. The minimum absolute atomic E-state index is 0.176. The Morgan fingerprint density at radius 1 is 0.940 bits per heavy atom. The number of nitrogens with zero attached hydrogens (tertiary/aromatic N) is 3. The number of anilines is 1. The van der Waals surface area contributed by atoms with Gasteiger partial charge >= 0.3 is 0 Å². The molecule has 3 aromatic carbocycles. The fourth-order valence-corrected chi connectivity index (χ4v) is 6.66. The minimum Gasteiger partial charge on any atom is -0.494 e. The highest BCUT2D eigenvalue weighted by molar-refractivity contribution is 6.30. The van der Waals surface area contributed by atoms with Crippen molar-refractivity contribution in [2.75, 3.05) is 44.2 Å². The molecule has 10 nitrogen and oxygen atoms in total. The third kappa shape index (κ3) is 8.48. The lowest BCUT2D eigenvalue weighted by Gasteiger charge is -2.39. The first-order valence-electron chi connectivity index (χ1n) is 17.4. The molecular weight excluding hydrogens is 656 g/mol. The van der Waals surface area contributed by atoms with Crippen LogP contribution in [0.2, 0.25) is 5.02 Å². The van der Waals surface area contributed by atoms with Gasteiger partial charge in [0.2, 0.25) is 11.8 Å². The second-order valence-corrected chi connectivity index (χ2v) is 13.3. The van der Waals surface area contributed by atoms with Crippen molar-refractivity contribution in [3.63, 3.8) is 0 Å². The molecule has 1 N–H and O–H groups in total. The van der Waals surface area contributed by atoms with E-state index in [0.29, 0.717) is 61.9 Å². The summed E-state index contributed by atoms with van der Waals surface area (Å²) in [5.41, 5.74) is 2.86. The van der Waals surface area contributed by atoms with Crippen molar-refractivity contribution in [2.45, 2.75) is 58.0 Å². The fourth-order valence-electron chi connectivity index (χ4n) is 6.53. The number of piperazine rings is 1. The van der Waals surface area contributed by atoms with E-state index in [0.717, 1.165) is 55.1 Å². The lowest BCUT2D eigenvalue weighted by atomic mass is 10.0. The van der Waals surface area contributed by atoms with Gasteiger partial charge in [-0.05, 0) is 66.8 Å². The van der Waals surface area contributed by atoms with Crippen molar-refractivity contribution in [3.8, 4) is 5.75 Å². The Hall–Kier alpha value is -4.83. The van der Waals surface area contributed by atoms with Crippen molar-refractivity contribution in [2.24, 2.45) is 0 Å². The lowest BCUT2D eigenvalue weighted by molar-refractivity contribution is -0.134. The molecule has 11 heteroatoms. The molecule has 0 unspecified atom stereocenters. The van der Waals surface area contributed by atoms with Gasteiger partial charge in [0.05, 0.1) is 12.0 Å². The van der Waals surface area contributed by atoms with Gasteiger partial charge in [0.1, 0.15) is 17.4 Å². The van der Waals surface area contributed by atoms with Crippen LogP contribution in [0.25, 0.3) is 11.0 Å². The van der Waals surface area contributed by atoms with Crippen LogP contribution in [0.5, 0.6) is 5.75 Å². The van der Waals surface area contributed by atoms with Crippen LogP contribution in [0.1, 0.15) is 60.7 Å². The average molecular weight is 699 g/mol. The predicted octanol–water partition coefficient (Wildman–Crippen LogP) is 5.83. The maximum Gasteiger partial charge on any atom is 0.287 e. The molecule has 3 amide bonds. The van der Waals surface area contributed by atoms with Crippen LogP contribution in [0.3, 0.4) is 0 Å². The Labute approximate surface area is 296 Å². The number of hydrogen-bond donors (Lipinski definition) is 1. The van der Waals surface area contributed by atoms with E-state index in [1.165, 1.54) is 0 Å². The molecule has 0 radical (unpaired) electrons. The molecule has 0 spiro atoms. The SMILES string of the molecule is CCCCOc1ccc2oc(C(=O)N[C@H](Cc3ccc(Cl)cc3)C(=O)N3CCN(c4ccccc4CN4CCCCC4=O)CC3)cc(=O)c2c1. The van der Waals surface area contributed by atoms with Gasteiger partial charge < -0.3 is 29.2 Å². The van der Waals surface area contributed by atoms with Gasteiger partial charge in [0.15, 0.2) is 11.2 Å². The molecule has 2 aliphatic heterocycles. The van der Waals surface area contributed by atoms with E-state index >= 15 is 0 Å². The molecule has 3 heterocycles. The molecule has 1 atom stereocenters. The number of amides is 3. The zero-order chi connectivity index (χ0) is 35.0. The Balaban J connectivity index is 1.16. The van der Waals surface area contributed by atoms with Gasteiger partial charge in [0, 0.05) is 68.9 Å². The second-order valence-electron chi connectivity index (χ2n) is 12.9. The van der Waals surface area contributed by atoms with Crippen molar-refractivity contribution in [1.82, 2.24) is 15.1 Å². The van der Waals surface area contributed by atoms with E-state index in [4.69, 9.17) is 20.8 Å². The van der Waals surface area contributed by atoms with E-state index in [9.17, 15) is 19.2 Å². The molecule has 0 aliphatic carbocycles. The zero-order valence-corrected chi connectivity index (χ0v) is 29.1. The average Bonchev–Trinajstić information content (AvgIpc) is 3.13. The van der Waals surface area contributed by atoms with Gasteiger partial charge in [-0.25, -0.2) is 0 Å². The first-order chi connectivity index (χ1) is 24.3. The van der Waals surface area contributed by atoms with Crippen LogP contribution in [-0.2, 0) is 22.6 Å². The summed E-state index contributed by atoms with van der Waals surface area (Å²) >= 11 is 6.12. The Morgan fingerprint density at radius 2 is 1.72 bits per heavy atom. The number of likely N-dealkylation sites (tertiary alicyclic amines) is 1. The third-order valence-electron chi connectivity index (χ3n) is 9.35. The van der Waals surface area contributed by atoms with Crippen molar-refractivity contribution in [1.29, 1.82) is 0 Å². The minimum atomic E-state index is -0.914. The molecule has 2 saturated heterocycles. The van der Waals surface area contributed by atoms with Gasteiger partial charge in [-0.3, -0.25) is 19.2 Å². The van der Waals surface area contributed by atoms with Gasteiger partial charge in [0.25, 0.3) is 5.91 Å². The normalized spacial score (nSPS) is 15.6. The van der Waals surface area contributed by atoms with Crippen molar-refractivity contribution < 1.29 is 23.5 Å². The van der Waals surface area contributed by atoms with E-state index in [2.05, 4.69) is 29.3 Å². The van der Waals surface area contributed by atoms with Gasteiger partial charge in [-0.2, -0.15) is 0 Å². The summed E-state index contributed by atoms with van der Waals surface area (Å²) in [7, 11) is 0. The number of ether oxygens (including phenoxy) is 1. The number of benzene rings is 3. The largest absolute Gasteiger partial charge is 0.494 e. The third-order valence-corrected chi connectivity index (χ3v) is 9.60. The second kappa shape index (κ2) is 16.3. The molecule has 0 saturated carbocycles. The van der Waals surface area contributed by atoms with Crippen molar-refractivity contribution >= 4 is 46.0 Å². The molecule has 2 aliphatic rings. The maximum absolute atomic E-state index is 14.1. The number of halogens is 1. The van der Waals surface area contributed by atoms with Gasteiger partial charge in [-0.1, -0.05) is 55.3 Å². The maximum atomic E-state index is 14.1. The van der Waals surface area contributed by atoms with Crippen LogP contribution >= 0.6 is 11.6 Å². The molecule has 50 heavy (non-hydrogen) atoms.